The number of hydrogen-bond acceptors (Lipinski definition) is 0. The molecular weight excluding hydrogens is 468 g/mol. The third-order valence-corrected chi connectivity index (χ3v) is 8.08. The van der Waals surface area contributed by atoms with Gasteiger partial charge in [0.2, 0.25) is 0 Å². The quantitative estimate of drug-likeness (QED) is 0.229. The van der Waals surface area contributed by atoms with Gasteiger partial charge in [0, 0.05) is 0 Å². The molecule has 0 atom stereocenters. The summed E-state index contributed by atoms with van der Waals surface area (Å²) in [5.74, 6) is 0. The molecule has 0 spiro atoms. The van der Waals surface area contributed by atoms with E-state index in [1.165, 1.54) is 32.7 Å². The average molecular weight is 506 g/mol. The van der Waals surface area contributed by atoms with Crippen LogP contribution in [0.1, 0.15) is 59.1 Å². The molecule has 4 rings (SSSR count). The van der Waals surface area contributed by atoms with Gasteiger partial charge in [0.25, 0.3) is 0 Å². The third kappa shape index (κ3) is 6.23. The van der Waals surface area contributed by atoms with E-state index >= 15 is 0 Å². The van der Waals surface area contributed by atoms with Crippen LogP contribution in [-0.4, -0.2) is 8.07 Å². The van der Waals surface area contributed by atoms with E-state index in [1.54, 1.807) is 5.20 Å². The largest absolute Gasteiger partial charge is 2.00 e. The van der Waals surface area contributed by atoms with Crippen LogP contribution in [0.25, 0.3) is 21.5 Å². The summed E-state index contributed by atoms with van der Waals surface area (Å²) in [7, 11) is -0.981. The van der Waals surface area contributed by atoms with E-state index in [9.17, 15) is 0 Å². The maximum Gasteiger partial charge on any atom is 2.00 e. The van der Waals surface area contributed by atoms with Crippen LogP contribution in [0.4, 0.5) is 0 Å². The normalized spacial score (nSPS) is 14.3. The standard InChI is InChI=1S/C21H25.C8H13Si.Zr/c1-20(2,3)16-7-9-18-14(12-16)11-15-13-17(21(4,5)6)8-10-19(15)18;1-9(2,3)8-6-4-5-7-8;/h7-13H,1-6H3;6-7H,4H2,1-3H3;/q2*-1;+2. The van der Waals surface area contributed by atoms with Crippen LogP contribution in [-0.2, 0) is 37.0 Å². The van der Waals surface area contributed by atoms with Crippen molar-refractivity contribution < 1.29 is 26.2 Å². The van der Waals surface area contributed by atoms with Crippen molar-refractivity contribution in [3.8, 4) is 0 Å². The molecule has 0 radical (unpaired) electrons. The molecule has 0 saturated heterocycles. The van der Waals surface area contributed by atoms with Crippen molar-refractivity contribution in [2.45, 2.75) is 78.4 Å². The summed E-state index contributed by atoms with van der Waals surface area (Å²) in [5.41, 5.74) is 3.21. The van der Waals surface area contributed by atoms with Crippen LogP contribution in [0.15, 0.2) is 59.8 Å². The van der Waals surface area contributed by atoms with E-state index < -0.39 is 8.07 Å². The molecule has 0 N–H and O–H groups in total. The molecular formula is C29H38SiZr. The van der Waals surface area contributed by atoms with Crippen LogP contribution >= 0.6 is 0 Å². The van der Waals surface area contributed by atoms with E-state index in [0.29, 0.717) is 0 Å². The fourth-order valence-electron chi connectivity index (χ4n) is 3.87. The molecule has 0 saturated carbocycles. The van der Waals surface area contributed by atoms with Crippen molar-refractivity contribution in [1.29, 1.82) is 0 Å². The van der Waals surface area contributed by atoms with E-state index in [0.717, 1.165) is 6.42 Å². The molecule has 3 aromatic rings. The molecule has 162 valence electrons. The fourth-order valence-corrected chi connectivity index (χ4v) is 5.12. The topological polar surface area (TPSA) is 0 Å². The van der Waals surface area contributed by atoms with Gasteiger partial charge >= 0.3 is 26.2 Å². The van der Waals surface area contributed by atoms with Crippen molar-refractivity contribution in [3.05, 3.63) is 77.0 Å². The second-order valence-corrected chi connectivity index (χ2v) is 16.8. The zero-order valence-electron chi connectivity index (χ0n) is 20.9. The average Bonchev–Trinajstić information content (AvgIpc) is 3.27. The number of benzene rings is 2. The molecule has 31 heavy (non-hydrogen) atoms. The smallest absolute Gasteiger partial charge is 0.273 e. The summed E-state index contributed by atoms with van der Waals surface area (Å²) in [5, 5.41) is 7.03. The Hall–Kier alpha value is -1.11. The fraction of sp³-hybridized carbons (Fsp3) is 0.414. The monoisotopic (exact) mass is 504 g/mol. The minimum atomic E-state index is -0.981. The van der Waals surface area contributed by atoms with Crippen molar-refractivity contribution in [2.75, 3.05) is 0 Å². The second kappa shape index (κ2) is 9.40. The number of fused-ring (bicyclic) bond motifs is 3. The molecule has 0 bridgehead atoms. The molecule has 0 heterocycles. The van der Waals surface area contributed by atoms with E-state index in [1.807, 2.05) is 0 Å². The Balaban J connectivity index is 0.000000289. The number of rotatable bonds is 1. The van der Waals surface area contributed by atoms with Gasteiger partial charge in [0.05, 0.1) is 0 Å². The number of allylic oxidation sites excluding steroid dienone is 4. The van der Waals surface area contributed by atoms with Crippen LogP contribution < -0.4 is 0 Å². The van der Waals surface area contributed by atoms with Gasteiger partial charge in [-0.25, -0.2) is 11.3 Å². The first-order valence-corrected chi connectivity index (χ1v) is 14.7. The van der Waals surface area contributed by atoms with Crippen molar-refractivity contribution in [2.24, 2.45) is 0 Å². The molecule has 0 nitrogen and oxygen atoms in total. The Morgan fingerprint density at radius 3 is 1.52 bits per heavy atom. The number of hydrogen-bond donors (Lipinski definition) is 0. The molecule has 0 aliphatic heterocycles. The molecule has 0 amide bonds. The SMILES string of the molecule is CC(C)(C)c1ccc2c(c1)[cH-]c1cc(C(C)(C)C)ccc12.C[Si](C)(C)C1=CC[C-]=C1.[Zr+2]. The Labute approximate surface area is 210 Å². The molecule has 0 fully saturated rings. The zero-order valence-corrected chi connectivity index (χ0v) is 24.4. The maximum atomic E-state index is 3.20. The van der Waals surface area contributed by atoms with Gasteiger partial charge < -0.3 is 0 Å². The zero-order chi connectivity index (χ0) is 22.3. The van der Waals surface area contributed by atoms with Gasteiger partial charge in [-0.05, 0) is 18.9 Å². The van der Waals surface area contributed by atoms with E-state index in [2.05, 4.69) is 122 Å². The van der Waals surface area contributed by atoms with Crippen molar-refractivity contribution >= 4 is 29.6 Å². The van der Waals surface area contributed by atoms with Gasteiger partial charge in [0.1, 0.15) is 0 Å². The Bertz CT molecular complexity index is 1040. The van der Waals surface area contributed by atoms with Crippen molar-refractivity contribution in [3.63, 3.8) is 0 Å². The van der Waals surface area contributed by atoms with Crippen LogP contribution in [0.2, 0.25) is 19.6 Å². The summed E-state index contributed by atoms with van der Waals surface area (Å²) < 4.78 is 0. The van der Waals surface area contributed by atoms with Crippen LogP contribution in [0.5, 0.6) is 0 Å². The maximum absolute atomic E-state index is 3.20. The van der Waals surface area contributed by atoms with Crippen molar-refractivity contribution in [1.82, 2.24) is 0 Å². The minimum Gasteiger partial charge on any atom is -0.273 e. The Morgan fingerprint density at radius 1 is 0.774 bits per heavy atom. The summed E-state index contributed by atoms with van der Waals surface area (Å²) in [6.07, 6.45) is 8.69. The first-order chi connectivity index (χ1) is 13.8. The summed E-state index contributed by atoms with van der Waals surface area (Å²) >= 11 is 0. The molecule has 1 aliphatic rings. The van der Waals surface area contributed by atoms with Gasteiger partial charge in [-0.3, -0.25) is 6.08 Å². The molecule has 0 unspecified atom stereocenters. The van der Waals surface area contributed by atoms with Gasteiger partial charge in [0.15, 0.2) is 0 Å². The van der Waals surface area contributed by atoms with Crippen LogP contribution in [0, 0.1) is 6.08 Å². The van der Waals surface area contributed by atoms with E-state index in [-0.39, 0.29) is 37.0 Å². The molecule has 3 aromatic carbocycles. The summed E-state index contributed by atoms with van der Waals surface area (Å²) in [6.45, 7) is 20.7. The molecule has 1 aliphatic carbocycles. The molecule has 0 aromatic heterocycles. The van der Waals surface area contributed by atoms with Gasteiger partial charge in [-0.15, -0.1) is 46.2 Å². The summed E-state index contributed by atoms with van der Waals surface area (Å²) in [6, 6.07) is 16.2. The van der Waals surface area contributed by atoms with Crippen LogP contribution in [0.3, 0.4) is 0 Å². The first kappa shape index (κ1) is 26.1. The van der Waals surface area contributed by atoms with Gasteiger partial charge in [-0.2, -0.15) is 6.08 Å². The predicted octanol–water partition coefficient (Wildman–Crippen LogP) is 8.86. The van der Waals surface area contributed by atoms with E-state index in [4.69, 9.17) is 0 Å². The molecule has 2 heteroatoms. The summed E-state index contributed by atoms with van der Waals surface area (Å²) in [4.78, 5) is 0. The first-order valence-electron chi connectivity index (χ1n) is 11.2. The second-order valence-electron chi connectivity index (χ2n) is 11.7. The van der Waals surface area contributed by atoms with Gasteiger partial charge in [-0.1, -0.05) is 96.6 Å². The third-order valence-electron chi connectivity index (χ3n) is 6.00. The Morgan fingerprint density at radius 2 is 1.23 bits per heavy atom. The Kier molecular flexibility index (Phi) is 7.93. The predicted molar refractivity (Wildman–Crippen MR) is 138 cm³/mol. The minimum absolute atomic E-state index is 0.